The van der Waals surface area contributed by atoms with Crippen LogP contribution in [-0.4, -0.2) is 23.9 Å². The lowest BCUT2D eigenvalue weighted by Crippen LogP contribution is -2.38. The molecule has 0 heterocycles. The first-order valence-corrected chi connectivity index (χ1v) is 6.10. The molecule has 0 aliphatic heterocycles. The number of benzene rings is 1. The van der Waals surface area contributed by atoms with Gasteiger partial charge in [-0.05, 0) is 30.5 Å². The minimum absolute atomic E-state index is 0.116. The summed E-state index contributed by atoms with van der Waals surface area (Å²) in [5.41, 5.74) is 0.871. The Balaban J connectivity index is 2.47. The molecule has 88 valence electrons. The second-order valence-corrected chi connectivity index (χ2v) is 5.15. The molecular formula is C12H15BrO3. The molecule has 1 aliphatic carbocycles. The van der Waals surface area contributed by atoms with Crippen LogP contribution in [0, 0.1) is 0 Å². The maximum atomic E-state index is 9.63. The number of phenolic OH excluding ortho intramolecular Hbond substituents is 1. The first kappa shape index (κ1) is 11.7. The van der Waals surface area contributed by atoms with Crippen molar-refractivity contribution in [2.45, 2.75) is 24.7 Å². The molecule has 0 radical (unpaired) electrons. The molecule has 16 heavy (non-hydrogen) atoms. The molecule has 4 heteroatoms. The van der Waals surface area contributed by atoms with Gasteiger partial charge in [0.15, 0.2) is 11.5 Å². The average Bonchev–Trinajstić information content (AvgIpc) is 2.20. The number of aliphatic hydroxyl groups is 1. The second kappa shape index (κ2) is 4.26. The highest BCUT2D eigenvalue weighted by Gasteiger charge is 2.39. The molecule has 0 amide bonds. The zero-order valence-corrected chi connectivity index (χ0v) is 10.7. The summed E-state index contributed by atoms with van der Waals surface area (Å²) < 4.78 is 5.93. The quantitative estimate of drug-likeness (QED) is 0.898. The van der Waals surface area contributed by atoms with Gasteiger partial charge < -0.3 is 14.9 Å². The van der Waals surface area contributed by atoms with Crippen LogP contribution in [0.25, 0.3) is 0 Å². The van der Waals surface area contributed by atoms with Crippen LogP contribution < -0.4 is 4.74 Å². The standard InChI is InChI=1S/C12H15BrO3/c1-16-11-5-8(9(13)6-10(11)15)12(7-14)3-2-4-12/h5-6,14-15H,2-4,7H2,1H3. The Hall–Kier alpha value is -0.740. The van der Waals surface area contributed by atoms with Gasteiger partial charge in [-0.2, -0.15) is 0 Å². The number of hydrogen-bond donors (Lipinski definition) is 2. The summed E-state index contributed by atoms with van der Waals surface area (Å²) in [7, 11) is 1.53. The number of phenols is 1. The maximum absolute atomic E-state index is 9.63. The van der Waals surface area contributed by atoms with E-state index in [2.05, 4.69) is 15.9 Å². The molecule has 2 N–H and O–H groups in total. The minimum atomic E-state index is -0.153. The van der Waals surface area contributed by atoms with E-state index in [1.165, 1.54) is 7.11 Å². The smallest absolute Gasteiger partial charge is 0.160 e. The van der Waals surface area contributed by atoms with Crippen LogP contribution in [0.1, 0.15) is 24.8 Å². The third kappa shape index (κ3) is 1.70. The number of methoxy groups -OCH3 is 1. The third-order valence-electron chi connectivity index (χ3n) is 3.45. The van der Waals surface area contributed by atoms with E-state index in [4.69, 9.17) is 4.74 Å². The van der Waals surface area contributed by atoms with Crippen LogP contribution in [0.5, 0.6) is 11.5 Å². The average molecular weight is 287 g/mol. The molecule has 1 aliphatic rings. The highest BCUT2D eigenvalue weighted by atomic mass is 79.9. The normalized spacial score (nSPS) is 17.9. The molecule has 1 fully saturated rings. The number of aromatic hydroxyl groups is 1. The first-order valence-electron chi connectivity index (χ1n) is 5.31. The zero-order valence-electron chi connectivity index (χ0n) is 9.16. The largest absolute Gasteiger partial charge is 0.504 e. The van der Waals surface area contributed by atoms with Gasteiger partial charge in [0.2, 0.25) is 0 Å². The van der Waals surface area contributed by atoms with Gasteiger partial charge in [-0.3, -0.25) is 0 Å². The SMILES string of the molecule is COc1cc(C2(CO)CCC2)c(Br)cc1O. The zero-order chi connectivity index (χ0) is 11.8. The van der Waals surface area contributed by atoms with Gasteiger partial charge in [0, 0.05) is 9.89 Å². The summed E-state index contributed by atoms with van der Waals surface area (Å²) in [4.78, 5) is 0. The molecule has 0 spiro atoms. The Labute approximate surface area is 103 Å². The highest BCUT2D eigenvalue weighted by molar-refractivity contribution is 9.10. The molecule has 0 saturated heterocycles. The van der Waals surface area contributed by atoms with E-state index < -0.39 is 0 Å². The van der Waals surface area contributed by atoms with Gasteiger partial charge in [0.1, 0.15) is 0 Å². The van der Waals surface area contributed by atoms with Gasteiger partial charge in [-0.15, -0.1) is 0 Å². The van der Waals surface area contributed by atoms with E-state index >= 15 is 0 Å². The van der Waals surface area contributed by atoms with Crippen molar-refractivity contribution < 1.29 is 14.9 Å². The van der Waals surface area contributed by atoms with Crippen molar-refractivity contribution in [2.24, 2.45) is 0 Å². The van der Waals surface area contributed by atoms with Crippen molar-refractivity contribution >= 4 is 15.9 Å². The van der Waals surface area contributed by atoms with Crippen LogP contribution in [0.4, 0.5) is 0 Å². The molecular weight excluding hydrogens is 272 g/mol. The van der Waals surface area contributed by atoms with Gasteiger partial charge in [0.25, 0.3) is 0 Å². The van der Waals surface area contributed by atoms with Gasteiger partial charge in [-0.25, -0.2) is 0 Å². The minimum Gasteiger partial charge on any atom is -0.504 e. The Morgan fingerprint density at radius 2 is 2.12 bits per heavy atom. The molecule has 3 nitrogen and oxygen atoms in total. The molecule has 0 aromatic heterocycles. The monoisotopic (exact) mass is 286 g/mol. The lowest BCUT2D eigenvalue weighted by atomic mass is 9.65. The summed E-state index contributed by atoms with van der Waals surface area (Å²) in [6.07, 6.45) is 3.10. The molecule has 1 saturated carbocycles. The van der Waals surface area contributed by atoms with Crippen molar-refractivity contribution in [1.82, 2.24) is 0 Å². The van der Waals surface area contributed by atoms with E-state index in [1.807, 2.05) is 6.07 Å². The molecule has 0 bridgehead atoms. The van der Waals surface area contributed by atoms with Crippen molar-refractivity contribution in [1.29, 1.82) is 0 Å². The van der Waals surface area contributed by atoms with Crippen molar-refractivity contribution in [2.75, 3.05) is 13.7 Å². The predicted octanol–water partition coefficient (Wildman–Crippen LogP) is 2.58. The highest BCUT2D eigenvalue weighted by Crippen LogP contribution is 2.48. The number of hydrogen-bond acceptors (Lipinski definition) is 3. The predicted molar refractivity (Wildman–Crippen MR) is 65.0 cm³/mol. The summed E-state index contributed by atoms with van der Waals surface area (Å²) >= 11 is 3.44. The van der Waals surface area contributed by atoms with E-state index in [9.17, 15) is 10.2 Å². The number of ether oxygens (including phenoxy) is 1. The molecule has 0 atom stereocenters. The Kier molecular flexibility index (Phi) is 3.13. The van der Waals surface area contributed by atoms with Gasteiger partial charge >= 0.3 is 0 Å². The maximum Gasteiger partial charge on any atom is 0.160 e. The summed E-state index contributed by atoms with van der Waals surface area (Å²) in [5, 5.41) is 19.2. The van der Waals surface area contributed by atoms with Crippen LogP contribution >= 0.6 is 15.9 Å². The number of rotatable bonds is 3. The molecule has 0 unspecified atom stereocenters. The third-order valence-corrected chi connectivity index (χ3v) is 4.11. The van der Waals surface area contributed by atoms with Crippen molar-refractivity contribution in [3.05, 3.63) is 22.2 Å². The van der Waals surface area contributed by atoms with Crippen LogP contribution in [-0.2, 0) is 5.41 Å². The van der Waals surface area contributed by atoms with Crippen LogP contribution in [0.15, 0.2) is 16.6 Å². The fraction of sp³-hybridized carbons (Fsp3) is 0.500. The molecule has 1 aromatic rings. The fourth-order valence-electron chi connectivity index (χ4n) is 2.23. The first-order chi connectivity index (χ1) is 7.63. The lowest BCUT2D eigenvalue weighted by molar-refractivity contribution is 0.119. The van der Waals surface area contributed by atoms with E-state index in [1.54, 1.807) is 6.07 Å². The molecule has 2 rings (SSSR count). The number of halogens is 1. The lowest BCUT2D eigenvalue weighted by Gasteiger charge is -2.41. The van der Waals surface area contributed by atoms with Gasteiger partial charge in [0.05, 0.1) is 13.7 Å². The second-order valence-electron chi connectivity index (χ2n) is 4.30. The summed E-state index contributed by atoms with van der Waals surface area (Å²) in [6, 6.07) is 3.44. The van der Waals surface area contributed by atoms with E-state index in [-0.39, 0.29) is 17.8 Å². The van der Waals surface area contributed by atoms with Crippen LogP contribution in [0.3, 0.4) is 0 Å². The Morgan fingerprint density at radius 1 is 1.44 bits per heavy atom. The van der Waals surface area contributed by atoms with Gasteiger partial charge in [-0.1, -0.05) is 22.4 Å². The van der Waals surface area contributed by atoms with Crippen LogP contribution in [0.2, 0.25) is 0 Å². The number of aliphatic hydroxyl groups excluding tert-OH is 1. The van der Waals surface area contributed by atoms with Crippen molar-refractivity contribution in [3.63, 3.8) is 0 Å². The Morgan fingerprint density at radius 3 is 2.56 bits per heavy atom. The molecule has 1 aromatic carbocycles. The summed E-state index contributed by atoms with van der Waals surface area (Å²) in [6.45, 7) is 0.138. The Bertz CT molecular complexity index is 394. The summed E-state index contributed by atoms with van der Waals surface area (Å²) in [5.74, 6) is 0.573. The van der Waals surface area contributed by atoms with E-state index in [0.29, 0.717) is 5.75 Å². The van der Waals surface area contributed by atoms with Crippen molar-refractivity contribution in [3.8, 4) is 11.5 Å². The van der Waals surface area contributed by atoms with E-state index in [0.717, 1.165) is 29.3 Å². The topological polar surface area (TPSA) is 49.7 Å². The fourth-order valence-corrected chi connectivity index (χ4v) is 2.98.